The highest BCUT2D eigenvalue weighted by Crippen LogP contribution is 2.35. The zero-order valence-corrected chi connectivity index (χ0v) is 11.4. The molecule has 0 saturated heterocycles. The molecule has 100 valence electrons. The number of hydrazine groups is 1. The number of carbonyl (C=O) groups is 1. The van der Waals surface area contributed by atoms with Crippen molar-refractivity contribution < 1.29 is 9.53 Å². The lowest BCUT2D eigenvalue weighted by Crippen LogP contribution is -2.37. The number of amides is 1. The second kappa shape index (κ2) is 7.13. The van der Waals surface area contributed by atoms with Gasteiger partial charge in [-0.1, -0.05) is 13.3 Å². The van der Waals surface area contributed by atoms with E-state index in [1.807, 2.05) is 13.0 Å². The molecule has 0 heterocycles. The van der Waals surface area contributed by atoms with E-state index in [4.69, 9.17) is 16.3 Å². The molecule has 1 rings (SSSR count). The van der Waals surface area contributed by atoms with Gasteiger partial charge in [0.25, 0.3) is 0 Å². The fraction of sp³-hybridized carbons (Fsp3) is 0.417. The predicted octanol–water partition coefficient (Wildman–Crippen LogP) is 1.53. The number of methoxy groups -OCH3 is 1. The van der Waals surface area contributed by atoms with E-state index in [2.05, 4.69) is 5.43 Å². The lowest BCUT2D eigenvalue weighted by atomic mass is 10.2. The fourth-order valence-corrected chi connectivity index (χ4v) is 2.77. The summed E-state index contributed by atoms with van der Waals surface area (Å²) in [5.41, 5.74) is 8.51. The smallest absolute Gasteiger partial charge is 0.247 e. The number of carbonyl (C=O) groups excluding carboxylic acids is 1. The summed E-state index contributed by atoms with van der Waals surface area (Å²) < 4.78 is 5.25. The molecule has 0 saturated carbocycles. The van der Waals surface area contributed by atoms with Crippen LogP contribution < -0.4 is 21.7 Å². The predicted molar refractivity (Wildman–Crippen MR) is 74.3 cm³/mol. The van der Waals surface area contributed by atoms with Gasteiger partial charge in [-0.15, -0.1) is 11.8 Å². The third kappa shape index (κ3) is 3.82. The van der Waals surface area contributed by atoms with Crippen LogP contribution in [0.1, 0.15) is 19.8 Å². The van der Waals surface area contributed by atoms with E-state index < -0.39 is 0 Å². The zero-order chi connectivity index (χ0) is 13.5. The van der Waals surface area contributed by atoms with Crippen LogP contribution in [0.4, 0.5) is 5.69 Å². The van der Waals surface area contributed by atoms with Crippen molar-refractivity contribution in [1.29, 1.82) is 0 Å². The van der Waals surface area contributed by atoms with Gasteiger partial charge in [-0.2, -0.15) is 0 Å². The van der Waals surface area contributed by atoms with Crippen molar-refractivity contribution in [3.05, 3.63) is 18.2 Å². The molecule has 0 radical (unpaired) electrons. The molecule has 0 spiro atoms. The van der Waals surface area contributed by atoms with Gasteiger partial charge < -0.3 is 10.5 Å². The Morgan fingerprint density at radius 3 is 2.83 bits per heavy atom. The average Bonchev–Trinajstić information content (AvgIpc) is 2.39. The van der Waals surface area contributed by atoms with E-state index in [9.17, 15) is 4.79 Å². The molecule has 6 heteroatoms. The summed E-state index contributed by atoms with van der Waals surface area (Å²) in [7, 11) is 1.58. The number of nitrogens with two attached hydrogens (primary N) is 2. The fourth-order valence-electron chi connectivity index (χ4n) is 1.53. The van der Waals surface area contributed by atoms with Gasteiger partial charge in [0.1, 0.15) is 5.75 Å². The quantitative estimate of drug-likeness (QED) is 0.239. The number of benzene rings is 1. The molecule has 1 aromatic rings. The first-order chi connectivity index (χ1) is 8.62. The second-order valence-electron chi connectivity index (χ2n) is 3.81. The van der Waals surface area contributed by atoms with E-state index in [0.717, 1.165) is 17.7 Å². The van der Waals surface area contributed by atoms with Crippen LogP contribution in [0.5, 0.6) is 5.75 Å². The molecule has 1 aromatic carbocycles. The maximum absolute atomic E-state index is 11.7. The number of hydrogen-bond donors (Lipinski definition) is 3. The van der Waals surface area contributed by atoms with Gasteiger partial charge in [-0.3, -0.25) is 10.2 Å². The highest BCUT2D eigenvalue weighted by molar-refractivity contribution is 8.00. The van der Waals surface area contributed by atoms with Crippen LogP contribution in [0.25, 0.3) is 0 Å². The van der Waals surface area contributed by atoms with Crippen molar-refractivity contribution in [2.75, 3.05) is 12.8 Å². The number of rotatable bonds is 6. The molecule has 1 atom stereocenters. The Balaban J connectivity index is 2.89. The lowest BCUT2D eigenvalue weighted by molar-refractivity contribution is -0.120. The zero-order valence-electron chi connectivity index (χ0n) is 10.6. The molecular formula is C12H19N3O2S. The normalized spacial score (nSPS) is 11.9. The summed E-state index contributed by atoms with van der Waals surface area (Å²) in [6, 6.07) is 5.38. The van der Waals surface area contributed by atoms with Crippen LogP contribution in [0, 0.1) is 0 Å². The van der Waals surface area contributed by atoms with Crippen LogP contribution >= 0.6 is 11.8 Å². The summed E-state index contributed by atoms with van der Waals surface area (Å²) in [6.07, 6.45) is 1.66. The molecule has 1 amide bonds. The SMILES string of the molecule is CCCC(Sc1ccc(N)cc1OC)C(=O)NN. The lowest BCUT2D eigenvalue weighted by Gasteiger charge is -2.16. The molecule has 5 N–H and O–H groups in total. The molecule has 5 nitrogen and oxygen atoms in total. The Kier molecular flexibility index (Phi) is 5.80. The Morgan fingerprint density at radius 1 is 1.56 bits per heavy atom. The Bertz CT molecular complexity index is 412. The number of nitrogens with one attached hydrogen (secondary N) is 1. The highest BCUT2D eigenvalue weighted by atomic mass is 32.2. The first-order valence-corrected chi connectivity index (χ1v) is 6.61. The number of anilines is 1. The van der Waals surface area contributed by atoms with Crippen molar-refractivity contribution >= 4 is 23.4 Å². The average molecular weight is 269 g/mol. The third-order valence-corrected chi connectivity index (χ3v) is 3.77. The van der Waals surface area contributed by atoms with Crippen molar-refractivity contribution in [1.82, 2.24) is 5.43 Å². The van der Waals surface area contributed by atoms with E-state index in [1.54, 1.807) is 19.2 Å². The number of thioether (sulfide) groups is 1. The van der Waals surface area contributed by atoms with Crippen LogP contribution in [0.2, 0.25) is 0 Å². The standard InChI is InChI=1S/C12H19N3O2S/c1-3-4-11(12(16)15-14)18-10-6-5-8(13)7-9(10)17-2/h5-7,11H,3-4,13-14H2,1-2H3,(H,15,16). The van der Waals surface area contributed by atoms with E-state index in [0.29, 0.717) is 11.4 Å². The summed E-state index contributed by atoms with van der Waals surface area (Å²) in [4.78, 5) is 12.5. The molecule has 18 heavy (non-hydrogen) atoms. The molecule has 0 aliphatic carbocycles. The van der Waals surface area contributed by atoms with Crippen LogP contribution in [0.15, 0.2) is 23.1 Å². The molecule has 0 fully saturated rings. The van der Waals surface area contributed by atoms with Crippen molar-refractivity contribution in [3.8, 4) is 5.75 Å². The van der Waals surface area contributed by atoms with E-state index >= 15 is 0 Å². The van der Waals surface area contributed by atoms with Gasteiger partial charge in [-0.05, 0) is 18.6 Å². The number of nitrogen functional groups attached to an aromatic ring is 1. The topological polar surface area (TPSA) is 90.4 Å². The molecular weight excluding hydrogens is 250 g/mol. The van der Waals surface area contributed by atoms with Crippen molar-refractivity contribution in [3.63, 3.8) is 0 Å². The maximum Gasteiger partial charge on any atom is 0.247 e. The number of hydrogen-bond acceptors (Lipinski definition) is 5. The van der Waals surface area contributed by atoms with Gasteiger partial charge in [0.05, 0.1) is 17.3 Å². The first kappa shape index (κ1) is 14.7. The molecule has 1 unspecified atom stereocenters. The largest absolute Gasteiger partial charge is 0.496 e. The van der Waals surface area contributed by atoms with Gasteiger partial charge in [0, 0.05) is 11.8 Å². The minimum absolute atomic E-state index is 0.180. The van der Waals surface area contributed by atoms with Crippen molar-refractivity contribution in [2.45, 2.75) is 29.9 Å². The van der Waals surface area contributed by atoms with E-state index in [1.165, 1.54) is 11.8 Å². The Hall–Kier alpha value is -1.40. The van der Waals surface area contributed by atoms with Gasteiger partial charge in [-0.25, -0.2) is 5.84 Å². The highest BCUT2D eigenvalue weighted by Gasteiger charge is 2.19. The van der Waals surface area contributed by atoms with Gasteiger partial charge >= 0.3 is 0 Å². The summed E-state index contributed by atoms with van der Waals surface area (Å²) in [6.45, 7) is 2.03. The third-order valence-electron chi connectivity index (χ3n) is 2.44. The summed E-state index contributed by atoms with van der Waals surface area (Å²) in [5.74, 6) is 5.68. The van der Waals surface area contributed by atoms with Crippen LogP contribution in [0.3, 0.4) is 0 Å². The number of ether oxygens (including phenoxy) is 1. The summed E-state index contributed by atoms with van der Waals surface area (Å²) >= 11 is 1.43. The molecule has 0 aliphatic rings. The maximum atomic E-state index is 11.7. The molecule has 0 bridgehead atoms. The first-order valence-electron chi connectivity index (χ1n) is 5.73. The molecule has 0 aliphatic heterocycles. The van der Waals surface area contributed by atoms with E-state index in [-0.39, 0.29) is 11.2 Å². The minimum atomic E-state index is -0.225. The van der Waals surface area contributed by atoms with Gasteiger partial charge in [0.2, 0.25) is 5.91 Å². The van der Waals surface area contributed by atoms with Gasteiger partial charge in [0.15, 0.2) is 0 Å². The summed E-state index contributed by atoms with van der Waals surface area (Å²) in [5, 5.41) is -0.225. The van der Waals surface area contributed by atoms with Crippen molar-refractivity contribution in [2.24, 2.45) is 5.84 Å². The monoisotopic (exact) mass is 269 g/mol. The Morgan fingerprint density at radius 2 is 2.28 bits per heavy atom. The Labute approximate surface area is 111 Å². The molecule has 0 aromatic heterocycles. The second-order valence-corrected chi connectivity index (χ2v) is 5.06. The minimum Gasteiger partial charge on any atom is -0.496 e. The van der Waals surface area contributed by atoms with Crippen LogP contribution in [-0.4, -0.2) is 18.3 Å². The van der Waals surface area contributed by atoms with Crippen LogP contribution in [-0.2, 0) is 4.79 Å².